The molecule has 0 aliphatic carbocycles. The smallest absolute Gasteiger partial charge is 0.251 e. The third-order valence-electron chi connectivity index (χ3n) is 2.94. The van der Waals surface area contributed by atoms with Crippen LogP contribution >= 0.6 is 0 Å². The van der Waals surface area contributed by atoms with Gasteiger partial charge in [-0.15, -0.1) is 0 Å². The van der Waals surface area contributed by atoms with E-state index in [9.17, 15) is 9.59 Å². The van der Waals surface area contributed by atoms with Crippen LogP contribution in [0.3, 0.4) is 0 Å². The second-order valence-corrected chi connectivity index (χ2v) is 4.31. The van der Waals surface area contributed by atoms with Crippen LogP contribution in [0.1, 0.15) is 15.9 Å². The predicted octanol–water partition coefficient (Wildman–Crippen LogP) is 1.32. The van der Waals surface area contributed by atoms with Crippen molar-refractivity contribution in [1.29, 1.82) is 0 Å². The molecule has 2 aromatic rings. The number of benzene rings is 1. The summed E-state index contributed by atoms with van der Waals surface area (Å²) in [4.78, 5) is 25.5. The van der Waals surface area contributed by atoms with Crippen LogP contribution in [0, 0.1) is 0 Å². The number of hydrogen-bond acceptors (Lipinski definition) is 4. The summed E-state index contributed by atoms with van der Waals surface area (Å²) < 4.78 is 10.3. The lowest BCUT2D eigenvalue weighted by Crippen LogP contribution is -2.24. The zero-order chi connectivity index (χ0) is 15.2. The van der Waals surface area contributed by atoms with Gasteiger partial charge in [0, 0.05) is 24.4 Å². The van der Waals surface area contributed by atoms with Gasteiger partial charge in [0.15, 0.2) is 11.5 Å². The van der Waals surface area contributed by atoms with E-state index in [1.807, 2.05) is 6.07 Å². The first-order valence-corrected chi connectivity index (χ1v) is 6.32. The summed E-state index contributed by atoms with van der Waals surface area (Å²) in [5, 5.41) is 2.74. The van der Waals surface area contributed by atoms with Crippen LogP contribution in [0.2, 0.25) is 0 Å². The lowest BCUT2D eigenvalue weighted by molar-refractivity contribution is 0.0950. The van der Waals surface area contributed by atoms with Gasteiger partial charge in [0.25, 0.3) is 5.91 Å². The first-order valence-electron chi connectivity index (χ1n) is 6.32. The van der Waals surface area contributed by atoms with Crippen LogP contribution in [-0.4, -0.2) is 25.1 Å². The fourth-order valence-corrected chi connectivity index (χ4v) is 1.86. The molecule has 6 heteroatoms. The second kappa shape index (κ2) is 6.60. The van der Waals surface area contributed by atoms with Gasteiger partial charge >= 0.3 is 0 Å². The molecule has 0 spiro atoms. The normalized spacial score (nSPS) is 10.0. The van der Waals surface area contributed by atoms with Gasteiger partial charge in [-0.2, -0.15) is 0 Å². The van der Waals surface area contributed by atoms with Crippen LogP contribution in [0.25, 0.3) is 0 Å². The standard InChI is InChI=1S/C15H16N2O4/c1-20-12-4-3-10(7-13(12)21-2)9-17-15(19)11-5-6-16-14(18)8-11/h3-8H,9H2,1-2H3,(H,16,18)(H,17,19). The van der Waals surface area contributed by atoms with Crippen molar-refractivity contribution in [2.75, 3.05) is 14.2 Å². The van der Waals surface area contributed by atoms with Crippen LogP contribution in [0.5, 0.6) is 11.5 Å². The summed E-state index contributed by atoms with van der Waals surface area (Å²) in [6.07, 6.45) is 1.44. The minimum Gasteiger partial charge on any atom is -0.493 e. The van der Waals surface area contributed by atoms with Crippen molar-refractivity contribution in [3.8, 4) is 11.5 Å². The molecule has 2 rings (SSSR count). The third kappa shape index (κ3) is 3.62. The van der Waals surface area contributed by atoms with Gasteiger partial charge in [-0.05, 0) is 23.8 Å². The van der Waals surface area contributed by atoms with Crippen molar-refractivity contribution < 1.29 is 14.3 Å². The van der Waals surface area contributed by atoms with Crippen LogP contribution in [0.15, 0.2) is 41.3 Å². The number of ether oxygens (including phenoxy) is 2. The number of hydrogen-bond donors (Lipinski definition) is 2. The van der Waals surface area contributed by atoms with Crippen LogP contribution in [-0.2, 0) is 6.54 Å². The Hall–Kier alpha value is -2.76. The van der Waals surface area contributed by atoms with E-state index in [-0.39, 0.29) is 11.5 Å². The molecular formula is C15H16N2O4. The van der Waals surface area contributed by atoms with Crippen molar-refractivity contribution in [2.45, 2.75) is 6.54 Å². The van der Waals surface area contributed by atoms with E-state index >= 15 is 0 Å². The van der Waals surface area contributed by atoms with Crippen molar-refractivity contribution >= 4 is 5.91 Å². The van der Waals surface area contributed by atoms with E-state index < -0.39 is 0 Å². The maximum absolute atomic E-state index is 11.9. The zero-order valence-corrected chi connectivity index (χ0v) is 11.8. The third-order valence-corrected chi connectivity index (χ3v) is 2.94. The molecule has 0 aliphatic rings. The number of carbonyl (C=O) groups is 1. The molecule has 2 N–H and O–H groups in total. The fraction of sp³-hybridized carbons (Fsp3) is 0.200. The van der Waals surface area contributed by atoms with E-state index in [1.165, 1.54) is 12.3 Å². The van der Waals surface area contributed by atoms with Gasteiger partial charge in [-0.3, -0.25) is 9.59 Å². The van der Waals surface area contributed by atoms with E-state index in [0.717, 1.165) is 5.56 Å². The monoisotopic (exact) mass is 288 g/mol. The molecule has 0 aliphatic heterocycles. The molecular weight excluding hydrogens is 272 g/mol. The van der Waals surface area contributed by atoms with Gasteiger partial charge in [-0.1, -0.05) is 6.07 Å². The van der Waals surface area contributed by atoms with Crippen LogP contribution < -0.4 is 20.3 Å². The van der Waals surface area contributed by atoms with Gasteiger partial charge in [0.1, 0.15) is 0 Å². The summed E-state index contributed by atoms with van der Waals surface area (Å²) in [6, 6.07) is 8.19. The highest BCUT2D eigenvalue weighted by atomic mass is 16.5. The average molecular weight is 288 g/mol. The number of rotatable bonds is 5. The van der Waals surface area contributed by atoms with Gasteiger partial charge in [0.2, 0.25) is 5.56 Å². The molecule has 0 saturated heterocycles. The molecule has 1 aromatic carbocycles. The number of pyridine rings is 1. The van der Waals surface area contributed by atoms with E-state index in [2.05, 4.69) is 10.3 Å². The van der Waals surface area contributed by atoms with E-state index in [1.54, 1.807) is 32.4 Å². The van der Waals surface area contributed by atoms with Crippen molar-refractivity contribution in [3.63, 3.8) is 0 Å². The molecule has 0 fully saturated rings. The molecule has 1 amide bonds. The molecule has 0 saturated carbocycles. The van der Waals surface area contributed by atoms with E-state index in [0.29, 0.717) is 23.6 Å². The number of amides is 1. The van der Waals surface area contributed by atoms with Crippen LogP contribution in [0.4, 0.5) is 0 Å². The summed E-state index contributed by atoms with van der Waals surface area (Å²) >= 11 is 0. The maximum atomic E-state index is 11.9. The van der Waals surface area contributed by atoms with Gasteiger partial charge in [0.05, 0.1) is 14.2 Å². The lowest BCUT2D eigenvalue weighted by Gasteiger charge is -2.10. The highest BCUT2D eigenvalue weighted by Gasteiger charge is 2.08. The van der Waals surface area contributed by atoms with Crippen molar-refractivity contribution in [2.24, 2.45) is 0 Å². The molecule has 110 valence electrons. The molecule has 0 radical (unpaired) electrons. The highest BCUT2D eigenvalue weighted by molar-refractivity contribution is 5.93. The summed E-state index contributed by atoms with van der Waals surface area (Å²) in [5.41, 5.74) is 0.874. The number of aromatic amines is 1. The Bertz CT molecular complexity index is 694. The average Bonchev–Trinajstić information content (AvgIpc) is 2.52. The second-order valence-electron chi connectivity index (χ2n) is 4.31. The first-order chi connectivity index (χ1) is 10.1. The Morgan fingerprint density at radius 1 is 1.14 bits per heavy atom. The SMILES string of the molecule is COc1ccc(CNC(=O)c2cc[nH]c(=O)c2)cc1OC. The predicted molar refractivity (Wildman–Crippen MR) is 77.8 cm³/mol. The van der Waals surface area contributed by atoms with E-state index in [4.69, 9.17) is 9.47 Å². The Morgan fingerprint density at radius 2 is 1.90 bits per heavy atom. The minimum absolute atomic E-state index is 0.309. The molecule has 1 aromatic heterocycles. The number of H-pyrrole nitrogens is 1. The maximum Gasteiger partial charge on any atom is 0.251 e. The Labute approximate surface area is 121 Å². The number of carbonyl (C=O) groups excluding carboxylic acids is 1. The molecule has 21 heavy (non-hydrogen) atoms. The quantitative estimate of drug-likeness (QED) is 0.869. The topological polar surface area (TPSA) is 80.4 Å². The molecule has 0 atom stereocenters. The summed E-state index contributed by atoms with van der Waals surface area (Å²) in [5.74, 6) is 0.915. The molecule has 0 bridgehead atoms. The minimum atomic E-state index is -0.311. The number of nitrogens with one attached hydrogen (secondary N) is 2. The van der Waals surface area contributed by atoms with Gasteiger partial charge < -0.3 is 19.8 Å². The highest BCUT2D eigenvalue weighted by Crippen LogP contribution is 2.27. The van der Waals surface area contributed by atoms with Gasteiger partial charge in [-0.25, -0.2) is 0 Å². The summed E-state index contributed by atoms with van der Waals surface area (Å²) in [7, 11) is 3.11. The largest absolute Gasteiger partial charge is 0.493 e. The number of aromatic nitrogens is 1. The molecule has 0 unspecified atom stereocenters. The zero-order valence-electron chi connectivity index (χ0n) is 11.8. The van der Waals surface area contributed by atoms with Crippen molar-refractivity contribution in [1.82, 2.24) is 10.3 Å². The Morgan fingerprint density at radius 3 is 2.57 bits per heavy atom. The molecule has 1 heterocycles. The first kappa shape index (κ1) is 14.6. The summed E-state index contributed by atoms with van der Waals surface area (Å²) in [6.45, 7) is 0.325. The Balaban J connectivity index is 2.06. The number of methoxy groups -OCH3 is 2. The lowest BCUT2D eigenvalue weighted by atomic mass is 10.2. The van der Waals surface area contributed by atoms with Crippen molar-refractivity contribution in [3.05, 3.63) is 58.0 Å². The fourth-order valence-electron chi connectivity index (χ4n) is 1.86. The Kier molecular flexibility index (Phi) is 4.61. The molecule has 6 nitrogen and oxygen atoms in total.